The monoisotopic (exact) mass is 390 g/mol. The van der Waals surface area contributed by atoms with Gasteiger partial charge in [-0.25, -0.2) is 0 Å². The van der Waals surface area contributed by atoms with Crippen molar-refractivity contribution < 1.29 is 9.59 Å². The van der Waals surface area contributed by atoms with E-state index in [0.29, 0.717) is 24.8 Å². The van der Waals surface area contributed by atoms with Gasteiger partial charge in [-0.2, -0.15) is 5.10 Å². The molecule has 3 heterocycles. The van der Waals surface area contributed by atoms with Crippen molar-refractivity contribution in [2.24, 2.45) is 5.92 Å². The minimum Gasteiger partial charge on any atom is -0.354 e. The van der Waals surface area contributed by atoms with Gasteiger partial charge in [0, 0.05) is 31.1 Å². The predicted octanol–water partition coefficient (Wildman–Crippen LogP) is 1.95. The lowest BCUT2D eigenvalue weighted by atomic mass is 10.1. The van der Waals surface area contributed by atoms with Crippen molar-refractivity contribution in [1.82, 2.24) is 25.3 Å². The lowest BCUT2D eigenvalue weighted by Gasteiger charge is -2.13. The molecule has 2 aromatic heterocycles. The second-order valence-corrected chi connectivity index (χ2v) is 8.28. The zero-order chi connectivity index (χ0) is 19.7. The van der Waals surface area contributed by atoms with Crippen LogP contribution in [0.5, 0.6) is 0 Å². The molecule has 0 aliphatic carbocycles. The van der Waals surface area contributed by atoms with E-state index in [0.717, 1.165) is 16.4 Å². The minimum atomic E-state index is -0.355. The first-order valence-corrected chi connectivity index (χ1v) is 10.0. The number of nitrogens with zero attached hydrogens (tertiary/aromatic N) is 5. The van der Waals surface area contributed by atoms with Crippen molar-refractivity contribution in [1.29, 1.82) is 0 Å². The molecule has 27 heavy (non-hydrogen) atoms. The SMILES string of the molecule is Cc1nn(CCNC(=O)C2CC(=O)N(c3nnc(C(C)C)s3)C2)c(C)c1C. The summed E-state index contributed by atoms with van der Waals surface area (Å²) in [6.45, 7) is 11.6. The van der Waals surface area contributed by atoms with Gasteiger partial charge in [0.1, 0.15) is 5.01 Å². The van der Waals surface area contributed by atoms with E-state index in [1.54, 1.807) is 4.90 Å². The van der Waals surface area contributed by atoms with E-state index in [-0.39, 0.29) is 30.1 Å². The lowest BCUT2D eigenvalue weighted by molar-refractivity contribution is -0.126. The smallest absolute Gasteiger partial charge is 0.229 e. The molecule has 1 atom stereocenters. The maximum absolute atomic E-state index is 12.5. The molecule has 1 saturated heterocycles. The van der Waals surface area contributed by atoms with E-state index in [2.05, 4.69) is 20.6 Å². The molecule has 0 bridgehead atoms. The molecule has 1 aliphatic heterocycles. The summed E-state index contributed by atoms with van der Waals surface area (Å²) in [5.74, 6) is -0.259. The van der Waals surface area contributed by atoms with E-state index in [1.807, 2.05) is 39.3 Å². The van der Waals surface area contributed by atoms with Crippen molar-refractivity contribution in [3.63, 3.8) is 0 Å². The highest BCUT2D eigenvalue weighted by Gasteiger charge is 2.36. The molecular weight excluding hydrogens is 364 g/mol. The third-order valence-electron chi connectivity index (χ3n) is 5.02. The molecular formula is C18H26N6O2S. The first-order valence-electron chi connectivity index (χ1n) is 9.20. The average Bonchev–Trinajstić information content (AvgIpc) is 3.30. The molecule has 0 spiro atoms. The highest BCUT2D eigenvalue weighted by molar-refractivity contribution is 7.15. The second-order valence-electron chi connectivity index (χ2n) is 7.29. The van der Waals surface area contributed by atoms with Gasteiger partial charge >= 0.3 is 0 Å². The molecule has 1 fully saturated rings. The van der Waals surface area contributed by atoms with Crippen LogP contribution in [0.1, 0.15) is 48.1 Å². The maximum Gasteiger partial charge on any atom is 0.229 e. The van der Waals surface area contributed by atoms with E-state index in [4.69, 9.17) is 0 Å². The summed E-state index contributed by atoms with van der Waals surface area (Å²) in [5.41, 5.74) is 3.30. The predicted molar refractivity (Wildman–Crippen MR) is 104 cm³/mol. The first-order chi connectivity index (χ1) is 12.8. The number of nitrogens with one attached hydrogen (secondary N) is 1. The zero-order valence-electron chi connectivity index (χ0n) is 16.4. The Morgan fingerprint density at radius 2 is 2.04 bits per heavy atom. The van der Waals surface area contributed by atoms with Crippen molar-refractivity contribution in [3.8, 4) is 0 Å². The first kappa shape index (κ1) is 19.5. The highest BCUT2D eigenvalue weighted by atomic mass is 32.1. The molecule has 1 N–H and O–H groups in total. The largest absolute Gasteiger partial charge is 0.354 e. The summed E-state index contributed by atoms with van der Waals surface area (Å²) in [7, 11) is 0. The molecule has 2 amide bonds. The van der Waals surface area contributed by atoms with Crippen LogP contribution in [0.15, 0.2) is 0 Å². The van der Waals surface area contributed by atoms with Crippen molar-refractivity contribution in [3.05, 3.63) is 22.0 Å². The van der Waals surface area contributed by atoms with Gasteiger partial charge < -0.3 is 5.32 Å². The van der Waals surface area contributed by atoms with Gasteiger partial charge in [-0.1, -0.05) is 25.2 Å². The van der Waals surface area contributed by atoms with Crippen LogP contribution < -0.4 is 10.2 Å². The lowest BCUT2D eigenvalue weighted by Crippen LogP contribution is -2.35. The Labute approximate surface area is 163 Å². The second kappa shape index (κ2) is 7.75. The Kier molecular flexibility index (Phi) is 5.59. The Balaban J connectivity index is 1.54. The number of hydrogen-bond donors (Lipinski definition) is 1. The van der Waals surface area contributed by atoms with Gasteiger partial charge in [-0.05, 0) is 26.3 Å². The number of rotatable bonds is 6. The van der Waals surface area contributed by atoms with Gasteiger partial charge in [0.25, 0.3) is 0 Å². The zero-order valence-corrected chi connectivity index (χ0v) is 17.3. The topological polar surface area (TPSA) is 93.0 Å². The Bertz CT molecular complexity index is 856. The van der Waals surface area contributed by atoms with Gasteiger partial charge in [0.15, 0.2) is 0 Å². The summed E-state index contributed by atoms with van der Waals surface area (Å²) in [6, 6.07) is 0. The number of aromatic nitrogens is 4. The normalized spacial score (nSPS) is 17.2. The summed E-state index contributed by atoms with van der Waals surface area (Å²) in [5, 5.41) is 17.1. The van der Waals surface area contributed by atoms with E-state index < -0.39 is 0 Å². The van der Waals surface area contributed by atoms with E-state index in [1.165, 1.54) is 16.9 Å². The van der Waals surface area contributed by atoms with Crippen molar-refractivity contribution in [2.75, 3.05) is 18.0 Å². The molecule has 9 heteroatoms. The van der Waals surface area contributed by atoms with Crippen LogP contribution >= 0.6 is 11.3 Å². The van der Waals surface area contributed by atoms with Crippen LogP contribution in [0.2, 0.25) is 0 Å². The molecule has 146 valence electrons. The fraction of sp³-hybridized carbons (Fsp3) is 0.611. The number of carbonyl (C=O) groups excluding carboxylic acids is 2. The van der Waals surface area contributed by atoms with Gasteiger partial charge in [-0.15, -0.1) is 10.2 Å². The van der Waals surface area contributed by atoms with Gasteiger partial charge in [0.2, 0.25) is 16.9 Å². The van der Waals surface area contributed by atoms with E-state index >= 15 is 0 Å². The van der Waals surface area contributed by atoms with Crippen LogP contribution in [0.25, 0.3) is 0 Å². The number of carbonyl (C=O) groups is 2. The standard InChI is InChI=1S/C18H26N6O2S/c1-10(2)17-20-21-18(27-17)23-9-14(8-15(23)25)16(26)19-6-7-24-13(5)11(3)12(4)22-24/h10,14H,6-9H2,1-5H3,(H,19,26). The quantitative estimate of drug-likeness (QED) is 0.814. The Morgan fingerprint density at radius 1 is 1.30 bits per heavy atom. The van der Waals surface area contributed by atoms with Crippen molar-refractivity contribution >= 4 is 28.3 Å². The number of hydrogen-bond acceptors (Lipinski definition) is 6. The summed E-state index contributed by atoms with van der Waals surface area (Å²) in [6.07, 6.45) is 0.210. The molecule has 8 nitrogen and oxygen atoms in total. The summed E-state index contributed by atoms with van der Waals surface area (Å²) in [4.78, 5) is 26.4. The van der Waals surface area contributed by atoms with Crippen LogP contribution in [0.3, 0.4) is 0 Å². The fourth-order valence-electron chi connectivity index (χ4n) is 3.07. The molecule has 1 aliphatic rings. The van der Waals surface area contributed by atoms with Crippen LogP contribution in [-0.4, -0.2) is 44.9 Å². The summed E-state index contributed by atoms with van der Waals surface area (Å²) < 4.78 is 1.91. The van der Waals surface area contributed by atoms with E-state index in [9.17, 15) is 9.59 Å². The number of anilines is 1. The van der Waals surface area contributed by atoms with Crippen LogP contribution in [-0.2, 0) is 16.1 Å². The van der Waals surface area contributed by atoms with Crippen LogP contribution in [0.4, 0.5) is 5.13 Å². The average molecular weight is 391 g/mol. The molecule has 3 rings (SSSR count). The van der Waals surface area contributed by atoms with Crippen LogP contribution in [0, 0.1) is 26.7 Å². The maximum atomic E-state index is 12.5. The number of amides is 2. The molecule has 0 aromatic carbocycles. The summed E-state index contributed by atoms with van der Waals surface area (Å²) >= 11 is 1.42. The Hall–Kier alpha value is -2.29. The van der Waals surface area contributed by atoms with Gasteiger partial charge in [0.05, 0.1) is 18.2 Å². The minimum absolute atomic E-state index is 0.0734. The molecule has 0 saturated carbocycles. The molecule has 2 aromatic rings. The fourth-order valence-corrected chi connectivity index (χ4v) is 3.94. The third kappa shape index (κ3) is 4.02. The Morgan fingerprint density at radius 3 is 2.63 bits per heavy atom. The highest BCUT2D eigenvalue weighted by Crippen LogP contribution is 2.30. The van der Waals surface area contributed by atoms with Crippen molar-refractivity contribution in [2.45, 2.75) is 53.5 Å². The molecule has 1 unspecified atom stereocenters. The van der Waals surface area contributed by atoms with Gasteiger partial charge in [-0.3, -0.25) is 19.2 Å². The third-order valence-corrected chi connectivity index (χ3v) is 6.26. The molecule has 0 radical (unpaired) electrons. The number of aryl methyl sites for hydroxylation is 1.